The molecule has 0 aliphatic rings. The molecule has 1 heterocycles. The molecule has 0 radical (unpaired) electrons. The second-order valence-electron chi connectivity index (χ2n) is 5.14. The lowest BCUT2D eigenvalue weighted by molar-refractivity contribution is 0.144. The normalized spacial score (nSPS) is 10.7. The van der Waals surface area contributed by atoms with Gasteiger partial charge in [-0.3, -0.25) is 0 Å². The zero-order valence-corrected chi connectivity index (χ0v) is 13.9. The third-order valence-electron chi connectivity index (χ3n) is 3.46. The van der Waals surface area contributed by atoms with Crippen LogP contribution in [0, 0.1) is 5.82 Å². The molecule has 0 spiro atoms. The molecule has 0 bridgehead atoms. The molecule has 0 unspecified atom stereocenters. The van der Waals surface area contributed by atoms with Crippen LogP contribution >= 0.6 is 0 Å². The topological polar surface area (TPSA) is 66.6 Å². The molecule has 25 heavy (non-hydrogen) atoms. The fourth-order valence-corrected chi connectivity index (χ4v) is 2.24. The molecular formula is C18H17FN2O4. The van der Waals surface area contributed by atoms with Gasteiger partial charge in [-0.05, 0) is 36.4 Å². The molecule has 0 amide bonds. The largest absolute Gasteiger partial charge is 0.493 e. The van der Waals surface area contributed by atoms with E-state index in [9.17, 15) is 4.39 Å². The SMILES string of the molecule is COCCOc1ccc(-c2noc(-c3cccc(F)c3)n2)cc1OC. The molecule has 7 heteroatoms. The highest BCUT2D eigenvalue weighted by atomic mass is 19.1. The van der Waals surface area contributed by atoms with Crippen LogP contribution in [0.3, 0.4) is 0 Å². The van der Waals surface area contributed by atoms with Crippen molar-refractivity contribution in [1.29, 1.82) is 0 Å². The van der Waals surface area contributed by atoms with Crippen LogP contribution in [0.4, 0.5) is 4.39 Å². The van der Waals surface area contributed by atoms with E-state index in [4.69, 9.17) is 18.7 Å². The van der Waals surface area contributed by atoms with E-state index in [0.29, 0.717) is 41.7 Å². The molecule has 0 fully saturated rings. The van der Waals surface area contributed by atoms with Crippen LogP contribution in [0.2, 0.25) is 0 Å². The van der Waals surface area contributed by atoms with Gasteiger partial charge in [-0.2, -0.15) is 4.98 Å². The molecule has 1 aromatic heterocycles. The van der Waals surface area contributed by atoms with Crippen LogP contribution in [-0.4, -0.2) is 37.6 Å². The van der Waals surface area contributed by atoms with Crippen LogP contribution < -0.4 is 9.47 Å². The second-order valence-corrected chi connectivity index (χ2v) is 5.14. The van der Waals surface area contributed by atoms with E-state index in [1.54, 1.807) is 44.6 Å². The summed E-state index contributed by atoms with van der Waals surface area (Å²) in [5, 5.41) is 3.95. The molecule has 0 aliphatic heterocycles. The van der Waals surface area contributed by atoms with Crippen LogP contribution in [0.5, 0.6) is 11.5 Å². The number of nitrogens with zero attached hydrogens (tertiary/aromatic N) is 2. The van der Waals surface area contributed by atoms with Gasteiger partial charge in [0.1, 0.15) is 12.4 Å². The second kappa shape index (κ2) is 7.76. The van der Waals surface area contributed by atoms with E-state index in [1.807, 2.05) is 0 Å². The Kier molecular flexibility index (Phi) is 5.25. The van der Waals surface area contributed by atoms with E-state index >= 15 is 0 Å². The van der Waals surface area contributed by atoms with Crippen molar-refractivity contribution in [3.05, 3.63) is 48.3 Å². The Morgan fingerprint density at radius 1 is 1.00 bits per heavy atom. The summed E-state index contributed by atoms with van der Waals surface area (Å²) in [6.45, 7) is 0.894. The zero-order valence-electron chi connectivity index (χ0n) is 13.9. The number of hydrogen-bond donors (Lipinski definition) is 0. The number of hydrogen-bond acceptors (Lipinski definition) is 6. The van der Waals surface area contributed by atoms with Crippen molar-refractivity contribution < 1.29 is 23.1 Å². The van der Waals surface area contributed by atoms with Gasteiger partial charge in [0.25, 0.3) is 5.89 Å². The summed E-state index contributed by atoms with van der Waals surface area (Å²) >= 11 is 0. The van der Waals surface area contributed by atoms with Gasteiger partial charge in [0.05, 0.1) is 13.7 Å². The van der Waals surface area contributed by atoms with E-state index in [-0.39, 0.29) is 11.7 Å². The van der Waals surface area contributed by atoms with Gasteiger partial charge in [-0.1, -0.05) is 11.2 Å². The first-order valence-electron chi connectivity index (χ1n) is 7.61. The lowest BCUT2D eigenvalue weighted by Gasteiger charge is -2.10. The lowest BCUT2D eigenvalue weighted by atomic mass is 10.2. The average Bonchev–Trinajstić information content (AvgIpc) is 3.12. The minimum atomic E-state index is -0.364. The molecule has 3 rings (SSSR count). The summed E-state index contributed by atoms with van der Waals surface area (Å²) in [6.07, 6.45) is 0. The monoisotopic (exact) mass is 344 g/mol. The average molecular weight is 344 g/mol. The Labute approximate surface area is 144 Å². The smallest absolute Gasteiger partial charge is 0.258 e. The number of rotatable bonds is 7. The van der Waals surface area contributed by atoms with E-state index in [0.717, 1.165) is 0 Å². The third-order valence-corrected chi connectivity index (χ3v) is 3.46. The first kappa shape index (κ1) is 16.9. The Balaban J connectivity index is 1.84. The van der Waals surface area contributed by atoms with Crippen LogP contribution in [0.25, 0.3) is 22.8 Å². The first-order valence-corrected chi connectivity index (χ1v) is 7.61. The van der Waals surface area contributed by atoms with Gasteiger partial charge < -0.3 is 18.7 Å². The number of aromatic nitrogens is 2. The standard InChI is InChI=1S/C18H17FN2O4/c1-22-8-9-24-15-7-6-12(11-16(15)23-2)17-20-18(25-21-17)13-4-3-5-14(19)10-13/h3-7,10-11H,8-9H2,1-2H3. The lowest BCUT2D eigenvalue weighted by Crippen LogP contribution is -2.05. The molecule has 3 aromatic rings. The Morgan fingerprint density at radius 3 is 2.64 bits per heavy atom. The predicted octanol–water partition coefficient (Wildman–Crippen LogP) is 3.58. The van der Waals surface area contributed by atoms with E-state index in [2.05, 4.69) is 10.1 Å². The highest BCUT2D eigenvalue weighted by Gasteiger charge is 2.14. The minimum Gasteiger partial charge on any atom is -0.493 e. The molecule has 0 atom stereocenters. The fourth-order valence-electron chi connectivity index (χ4n) is 2.24. The first-order chi connectivity index (χ1) is 12.2. The quantitative estimate of drug-likeness (QED) is 0.610. The van der Waals surface area contributed by atoms with Crippen LogP contribution in [-0.2, 0) is 4.74 Å². The van der Waals surface area contributed by atoms with E-state index < -0.39 is 0 Å². The maximum absolute atomic E-state index is 13.3. The van der Waals surface area contributed by atoms with Crippen molar-refractivity contribution in [3.8, 4) is 34.3 Å². The van der Waals surface area contributed by atoms with Crippen LogP contribution in [0.15, 0.2) is 47.0 Å². The summed E-state index contributed by atoms with van der Waals surface area (Å²) in [7, 11) is 3.16. The molecule has 0 saturated heterocycles. The number of halogens is 1. The van der Waals surface area contributed by atoms with E-state index in [1.165, 1.54) is 12.1 Å². The fraction of sp³-hybridized carbons (Fsp3) is 0.222. The Bertz CT molecular complexity index is 851. The van der Waals surface area contributed by atoms with Crippen molar-refractivity contribution >= 4 is 0 Å². The van der Waals surface area contributed by atoms with Crippen molar-refractivity contribution in [2.75, 3.05) is 27.4 Å². The zero-order chi connectivity index (χ0) is 17.6. The molecule has 2 aromatic carbocycles. The Morgan fingerprint density at radius 2 is 1.88 bits per heavy atom. The van der Waals surface area contributed by atoms with Gasteiger partial charge in [0.2, 0.25) is 5.82 Å². The van der Waals surface area contributed by atoms with Gasteiger partial charge in [-0.25, -0.2) is 4.39 Å². The van der Waals surface area contributed by atoms with Crippen molar-refractivity contribution in [2.45, 2.75) is 0 Å². The Hall–Kier alpha value is -2.93. The van der Waals surface area contributed by atoms with Crippen molar-refractivity contribution in [2.24, 2.45) is 0 Å². The predicted molar refractivity (Wildman–Crippen MR) is 89.1 cm³/mol. The molecule has 6 nitrogen and oxygen atoms in total. The molecule has 0 N–H and O–H groups in total. The summed E-state index contributed by atoms with van der Waals surface area (Å²) in [5.74, 6) is 1.40. The minimum absolute atomic E-state index is 0.244. The molecular weight excluding hydrogens is 327 g/mol. The van der Waals surface area contributed by atoms with Gasteiger partial charge in [-0.15, -0.1) is 0 Å². The molecule has 0 aliphatic carbocycles. The van der Waals surface area contributed by atoms with Crippen LogP contribution in [0.1, 0.15) is 0 Å². The van der Waals surface area contributed by atoms with Gasteiger partial charge in [0.15, 0.2) is 11.5 Å². The number of ether oxygens (including phenoxy) is 3. The summed E-state index contributed by atoms with van der Waals surface area (Å²) < 4.78 is 34.4. The van der Waals surface area contributed by atoms with Crippen molar-refractivity contribution in [3.63, 3.8) is 0 Å². The third kappa shape index (κ3) is 3.95. The summed E-state index contributed by atoms with van der Waals surface area (Å²) in [4.78, 5) is 4.31. The maximum Gasteiger partial charge on any atom is 0.258 e. The summed E-state index contributed by atoms with van der Waals surface area (Å²) in [6, 6.07) is 11.3. The maximum atomic E-state index is 13.3. The highest BCUT2D eigenvalue weighted by Crippen LogP contribution is 2.32. The van der Waals surface area contributed by atoms with Crippen molar-refractivity contribution in [1.82, 2.24) is 10.1 Å². The number of methoxy groups -OCH3 is 2. The highest BCUT2D eigenvalue weighted by molar-refractivity contribution is 5.63. The molecule has 0 saturated carbocycles. The number of benzene rings is 2. The van der Waals surface area contributed by atoms with Gasteiger partial charge in [0, 0.05) is 18.2 Å². The molecule has 130 valence electrons. The summed E-state index contributed by atoms with van der Waals surface area (Å²) in [5.41, 5.74) is 1.22. The van der Waals surface area contributed by atoms with Gasteiger partial charge >= 0.3 is 0 Å².